The number of nitrogens with zero attached hydrogens (tertiary/aromatic N) is 2. The zero-order chi connectivity index (χ0) is 68.9. The number of primary amides is 1. The van der Waals surface area contributed by atoms with Crippen LogP contribution in [0.1, 0.15) is 136 Å². The molecule has 2 aromatic heterocycles. The van der Waals surface area contributed by atoms with Crippen molar-refractivity contribution in [2.24, 2.45) is 17.6 Å². The van der Waals surface area contributed by atoms with Crippen LogP contribution in [0, 0.1) is 24.6 Å². The molecule has 8 amide bonds. The molecule has 6 atom stereocenters. The van der Waals surface area contributed by atoms with E-state index in [0.29, 0.717) is 109 Å². The average molecular weight is 1340 g/mol. The lowest BCUT2D eigenvalue weighted by Gasteiger charge is -2.31. The SMILES string of the molecule is C=CC1CCCCCC(OCC(=O)NCCOCCOCCOCCOCCC(=O)N[C@H](C(=O)N[C@@H](CCCNC(N)=O)C(=O)Nc2ccc(COC(=O)NCC(=O)N[C@H]3CCc4c(C)c(F)cc5nc6c(c3c45)Cn3c-6cc4c(c3=O)COC(=O)[C@]4(O)CC)cc2)C(C)C)C1. The molecule has 4 aromatic rings. The van der Waals surface area contributed by atoms with Crippen molar-refractivity contribution in [3.63, 3.8) is 0 Å². The second-order valence-electron chi connectivity index (χ2n) is 24.7. The maximum Gasteiger partial charge on any atom is 0.407 e. The van der Waals surface area contributed by atoms with E-state index >= 15 is 4.39 Å². The van der Waals surface area contributed by atoms with E-state index in [4.69, 9.17) is 43.9 Å². The van der Waals surface area contributed by atoms with Crippen molar-refractivity contribution in [2.75, 3.05) is 84.4 Å². The standard InChI is InChI=1S/C68H91FN10O17/c1-6-42-12-9-8-10-13-45(32-42)94-39-57(82)71-23-25-91-27-29-93-31-30-92-28-26-90-24-21-55(80)78-60(40(3)4)63(84)77-52(14-11-22-72-66(70)87)62(83)74-44-17-15-43(16-18-44)37-96-67(88)73-35-56(81)75-51-20-19-46-41(5)50(69)34-53-58(46)59(51)47-36-79-54(61(47)76-53)33-49-48(64(79)85)38-95-65(86)68(49,89)7-2/h6,15-18,33-34,40,42,45,51-52,60,89H,1,7-14,19-32,35-39H2,2-5H3,(H,71,82)(H,73,88)(H,74,83)(H,75,81)(H,77,84)(H,78,80)(H3,70,72,87)/t42?,45?,51-,52-,60-,68-/m0/s1. The van der Waals surface area contributed by atoms with E-state index in [1.54, 1.807) is 58.0 Å². The van der Waals surface area contributed by atoms with Crippen molar-refractivity contribution in [3.8, 4) is 11.4 Å². The minimum absolute atomic E-state index is 0.0266. The number of ether oxygens (including phenoxy) is 7. The molecule has 0 spiro atoms. The van der Waals surface area contributed by atoms with Crippen LogP contribution < -0.4 is 48.5 Å². The van der Waals surface area contributed by atoms with Gasteiger partial charge >= 0.3 is 18.1 Å². The predicted molar refractivity (Wildman–Crippen MR) is 349 cm³/mol. The Hall–Kier alpha value is -8.41. The first kappa shape index (κ1) is 73.4. The van der Waals surface area contributed by atoms with Gasteiger partial charge in [-0.25, -0.2) is 23.8 Å². The van der Waals surface area contributed by atoms with Gasteiger partial charge in [0, 0.05) is 47.8 Å². The number of anilines is 1. The Balaban J connectivity index is 0.728. The van der Waals surface area contributed by atoms with Crippen LogP contribution in [0.3, 0.4) is 0 Å². The molecular formula is C68H91FN10O17. The molecule has 2 aromatic carbocycles. The third-order valence-electron chi connectivity index (χ3n) is 17.7. The number of allylic oxidation sites excluding steroid dienone is 1. The van der Waals surface area contributed by atoms with Crippen molar-refractivity contribution >= 4 is 64.2 Å². The number of aliphatic hydroxyl groups is 1. The third-order valence-corrected chi connectivity index (χ3v) is 17.7. The summed E-state index contributed by atoms with van der Waals surface area (Å²) in [6, 6.07) is 5.66. The number of nitrogens with two attached hydrogens (primary N) is 1. The molecule has 10 N–H and O–H groups in total. The van der Waals surface area contributed by atoms with Crippen LogP contribution in [-0.2, 0) is 93.7 Å². The Kier molecular flexibility index (Phi) is 27.2. The Morgan fingerprint density at radius 2 is 1.55 bits per heavy atom. The molecule has 2 unspecified atom stereocenters. The molecule has 8 rings (SSSR count). The van der Waals surface area contributed by atoms with E-state index in [9.17, 15) is 48.3 Å². The maximum absolute atomic E-state index is 15.4. The Morgan fingerprint density at radius 1 is 0.844 bits per heavy atom. The fourth-order valence-electron chi connectivity index (χ4n) is 12.4. The van der Waals surface area contributed by atoms with Gasteiger partial charge in [0.15, 0.2) is 5.60 Å². The number of cyclic esters (lactones) is 1. The van der Waals surface area contributed by atoms with Gasteiger partial charge in [-0.2, -0.15) is 0 Å². The molecule has 1 saturated carbocycles. The van der Waals surface area contributed by atoms with Crippen LogP contribution in [0.2, 0.25) is 0 Å². The van der Waals surface area contributed by atoms with Gasteiger partial charge in [0.1, 0.15) is 44.3 Å². The first-order valence-corrected chi connectivity index (χ1v) is 33.1. The molecule has 96 heavy (non-hydrogen) atoms. The Morgan fingerprint density at radius 3 is 2.25 bits per heavy atom. The lowest BCUT2D eigenvalue weighted by atomic mass is 9.81. The van der Waals surface area contributed by atoms with Gasteiger partial charge < -0.3 is 85.8 Å². The maximum atomic E-state index is 15.4. The van der Waals surface area contributed by atoms with Gasteiger partial charge in [-0.1, -0.05) is 58.2 Å². The summed E-state index contributed by atoms with van der Waals surface area (Å²) in [5.41, 5.74) is 7.22. The normalized spacial score (nSPS) is 18.4. The van der Waals surface area contributed by atoms with E-state index in [2.05, 4.69) is 43.8 Å². The van der Waals surface area contributed by atoms with Gasteiger partial charge in [-0.05, 0) is 111 Å². The highest BCUT2D eigenvalue weighted by molar-refractivity contribution is 5.99. The monoisotopic (exact) mass is 1340 g/mol. The number of hydrogen-bond acceptors (Lipinski definition) is 18. The quantitative estimate of drug-likeness (QED) is 0.0151. The van der Waals surface area contributed by atoms with Gasteiger partial charge in [-0.15, -0.1) is 6.58 Å². The number of pyridine rings is 2. The number of amides is 8. The molecule has 27 nitrogen and oxygen atoms in total. The van der Waals surface area contributed by atoms with Gasteiger partial charge in [0.05, 0.1) is 94.0 Å². The molecule has 0 saturated heterocycles. The average Bonchev–Trinajstić information content (AvgIpc) is 1.44. The fraction of sp³-hybridized carbons (Fsp3) is 0.559. The van der Waals surface area contributed by atoms with Crippen LogP contribution >= 0.6 is 0 Å². The van der Waals surface area contributed by atoms with Crippen LogP contribution in [0.5, 0.6) is 0 Å². The second-order valence-corrected chi connectivity index (χ2v) is 24.7. The number of esters is 1. The van der Waals surface area contributed by atoms with Crippen LogP contribution in [0.25, 0.3) is 22.3 Å². The van der Waals surface area contributed by atoms with Crippen LogP contribution in [0.4, 0.5) is 19.7 Å². The molecule has 522 valence electrons. The van der Waals surface area contributed by atoms with Gasteiger partial charge in [-0.3, -0.25) is 28.8 Å². The van der Waals surface area contributed by atoms with Crippen LogP contribution in [-0.4, -0.2) is 160 Å². The second kappa shape index (κ2) is 35.5. The summed E-state index contributed by atoms with van der Waals surface area (Å²) >= 11 is 0. The number of nitrogens with one attached hydrogen (secondary N) is 7. The Labute approximate surface area is 556 Å². The van der Waals surface area contributed by atoms with Crippen molar-refractivity contribution in [1.29, 1.82) is 0 Å². The van der Waals surface area contributed by atoms with Gasteiger partial charge in [0.2, 0.25) is 29.5 Å². The number of halogens is 1. The number of urea groups is 1. The summed E-state index contributed by atoms with van der Waals surface area (Å²) in [7, 11) is 0. The number of fused-ring (bicyclic) bond motifs is 5. The van der Waals surface area contributed by atoms with E-state index in [0.717, 1.165) is 31.2 Å². The molecule has 2 aliphatic heterocycles. The number of carbonyl (C=O) groups is 8. The smallest absolute Gasteiger partial charge is 0.407 e. The summed E-state index contributed by atoms with van der Waals surface area (Å²) in [6.45, 7) is 12.4. The van der Waals surface area contributed by atoms with Crippen LogP contribution in [0.15, 0.2) is 53.8 Å². The molecule has 0 radical (unpaired) electrons. The largest absolute Gasteiger partial charge is 0.458 e. The highest BCUT2D eigenvalue weighted by Gasteiger charge is 2.46. The summed E-state index contributed by atoms with van der Waals surface area (Å²) in [5, 5.41) is 31.1. The highest BCUT2D eigenvalue weighted by Crippen LogP contribution is 2.46. The minimum atomic E-state index is -2.06. The summed E-state index contributed by atoms with van der Waals surface area (Å²) < 4.78 is 55.7. The van der Waals surface area contributed by atoms with E-state index in [-0.39, 0.29) is 107 Å². The predicted octanol–water partition coefficient (Wildman–Crippen LogP) is 4.68. The molecule has 2 aliphatic carbocycles. The number of carbonyl (C=O) groups excluding carboxylic acids is 8. The van der Waals surface area contributed by atoms with E-state index < -0.39 is 83.4 Å². The number of alkyl carbamates (subject to hydrolysis) is 1. The lowest BCUT2D eigenvalue weighted by molar-refractivity contribution is -0.172. The van der Waals surface area contributed by atoms with Gasteiger partial charge in [0.25, 0.3) is 5.56 Å². The van der Waals surface area contributed by atoms with Crippen molar-refractivity contribution in [2.45, 2.75) is 154 Å². The number of hydrogen-bond donors (Lipinski definition) is 9. The molecule has 0 bridgehead atoms. The fourth-order valence-corrected chi connectivity index (χ4v) is 12.4. The Bertz CT molecular complexity index is 3510. The van der Waals surface area contributed by atoms with E-state index in [1.165, 1.54) is 23.5 Å². The van der Waals surface area contributed by atoms with Crippen molar-refractivity contribution in [1.82, 2.24) is 41.5 Å². The van der Waals surface area contributed by atoms with Crippen molar-refractivity contribution in [3.05, 3.63) is 104 Å². The molecule has 4 aliphatic rings. The van der Waals surface area contributed by atoms with Crippen molar-refractivity contribution < 1.29 is 81.0 Å². The first-order chi connectivity index (χ1) is 46.2. The number of aromatic nitrogens is 2. The zero-order valence-electron chi connectivity index (χ0n) is 55.1. The molecular weight excluding hydrogens is 1250 g/mol. The summed E-state index contributed by atoms with van der Waals surface area (Å²) in [5.74, 6) is -3.68. The van der Waals surface area contributed by atoms with E-state index in [1.807, 2.05) is 6.08 Å². The number of aryl methyl sites for hydroxylation is 1. The summed E-state index contributed by atoms with van der Waals surface area (Å²) in [4.78, 5) is 122. The first-order valence-electron chi connectivity index (χ1n) is 33.1. The molecule has 4 heterocycles. The summed E-state index contributed by atoms with van der Waals surface area (Å²) in [6.07, 6.45) is 8.59. The molecule has 1 fully saturated rings. The minimum Gasteiger partial charge on any atom is -0.458 e. The lowest BCUT2D eigenvalue weighted by Crippen LogP contribution is -2.54. The zero-order valence-corrected chi connectivity index (χ0v) is 55.1. The highest BCUT2D eigenvalue weighted by atomic mass is 19.1. The number of benzene rings is 2. The number of rotatable bonds is 35. The third kappa shape index (κ3) is 19.6. The molecule has 28 heteroatoms. The topological polar surface area (TPSA) is 367 Å².